The van der Waals surface area contributed by atoms with Crippen LogP contribution in [0.3, 0.4) is 0 Å². The number of rotatable bonds is 5. The van der Waals surface area contributed by atoms with Crippen molar-refractivity contribution in [3.05, 3.63) is 64.6 Å². The van der Waals surface area contributed by atoms with Crippen molar-refractivity contribution in [3.63, 3.8) is 0 Å². The van der Waals surface area contributed by atoms with Crippen LogP contribution >= 0.6 is 15.9 Å². The summed E-state index contributed by atoms with van der Waals surface area (Å²) in [5.74, 6) is -0.341. The molecular weight excluding hydrogens is 394 g/mol. The topological polar surface area (TPSA) is 61.4 Å². The molecule has 0 aromatic heterocycles. The molecule has 0 saturated carbocycles. The highest BCUT2D eigenvalue weighted by molar-refractivity contribution is 9.10. The maximum Gasteiger partial charge on any atom is 0.341 e. The molecule has 0 radical (unpaired) electrons. The van der Waals surface area contributed by atoms with E-state index in [1.165, 1.54) is 5.01 Å². The van der Waals surface area contributed by atoms with Crippen LogP contribution in [0.15, 0.2) is 59.1 Å². The third-order valence-corrected chi connectivity index (χ3v) is 5.08. The van der Waals surface area contributed by atoms with Gasteiger partial charge in [0.1, 0.15) is 0 Å². The fourth-order valence-corrected chi connectivity index (χ4v) is 3.50. The summed E-state index contributed by atoms with van der Waals surface area (Å²) in [6, 6.07) is 16.4. The summed E-state index contributed by atoms with van der Waals surface area (Å²) in [4.78, 5) is 25.4. The smallest absolute Gasteiger partial charge is 0.306 e. The molecule has 6 heteroatoms. The Kier molecular flexibility index (Phi) is 5.93. The van der Waals surface area contributed by atoms with E-state index in [4.69, 9.17) is 0 Å². The predicted octanol–water partition coefficient (Wildman–Crippen LogP) is 4.88. The normalized spacial score (nSPS) is 19.3. The number of hydrogen-bond acceptors (Lipinski definition) is 2. The monoisotopic (exact) mass is 415 g/mol. The van der Waals surface area contributed by atoms with Gasteiger partial charge in [0.15, 0.2) is 0 Å². The average Bonchev–Trinajstić information content (AvgIpc) is 2.99. The third kappa shape index (κ3) is 4.07. The standard InChI is InChI=1S/C20H22BrN3O2/c1-2-3-9-17-18(14-7-5-4-6-8-14)24(23-19(17)25)20(26)22-16-12-10-15(21)11-13-16/h4-8,10-13,17-18H,2-3,9H2,1H3,(H,22,26)(H,23,25). The minimum Gasteiger partial charge on any atom is -0.306 e. The van der Waals surface area contributed by atoms with Crippen LogP contribution < -0.4 is 10.7 Å². The number of halogens is 1. The third-order valence-electron chi connectivity index (χ3n) is 4.55. The number of hydrazine groups is 1. The highest BCUT2D eigenvalue weighted by Gasteiger charge is 2.43. The average molecular weight is 416 g/mol. The minimum atomic E-state index is -0.339. The number of amides is 3. The highest BCUT2D eigenvalue weighted by Crippen LogP contribution is 2.36. The molecule has 0 bridgehead atoms. The van der Waals surface area contributed by atoms with Crippen LogP contribution in [0.5, 0.6) is 0 Å². The summed E-state index contributed by atoms with van der Waals surface area (Å²) in [6.07, 6.45) is 2.71. The van der Waals surface area contributed by atoms with E-state index in [0.717, 1.165) is 29.3 Å². The molecule has 2 atom stereocenters. The summed E-state index contributed by atoms with van der Waals surface area (Å²) in [5, 5.41) is 4.29. The molecule has 1 fully saturated rings. The summed E-state index contributed by atoms with van der Waals surface area (Å²) in [6.45, 7) is 2.10. The molecule has 2 aromatic rings. The number of unbranched alkanes of at least 4 members (excludes halogenated alkanes) is 1. The molecule has 26 heavy (non-hydrogen) atoms. The fraction of sp³-hybridized carbons (Fsp3) is 0.300. The van der Waals surface area contributed by atoms with E-state index in [1.54, 1.807) is 0 Å². The first-order valence-electron chi connectivity index (χ1n) is 8.81. The molecule has 2 aromatic carbocycles. The Hall–Kier alpha value is -2.34. The second-order valence-electron chi connectivity index (χ2n) is 6.39. The van der Waals surface area contributed by atoms with Gasteiger partial charge in [-0.05, 0) is 36.2 Å². The van der Waals surface area contributed by atoms with Crippen LogP contribution in [0.1, 0.15) is 37.8 Å². The van der Waals surface area contributed by atoms with Crippen molar-refractivity contribution in [2.45, 2.75) is 32.2 Å². The number of benzene rings is 2. The maximum absolute atomic E-state index is 12.8. The van der Waals surface area contributed by atoms with Gasteiger partial charge in [-0.15, -0.1) is 0 Å². The molecule has 1 aliphatic rings. The molecule has 1 heterocycles. The molecule has 3 amide bonds. The first kappa shape index (κ1) is 18.5. The van der Waals surface area contributed by atoms with Gasteiger partial charge < -0.3 is 5.32 Å². The largest absolute Gasteiger partial charge is 0.341 e. The Labute approximate surface area is 161 Å². The first-order chi connectivity index (χ1) is 12.6. The Balaban J connectivity index is 1.84. The number of carbonyl (C=O) groups is 2. The number of carbonyl (C=O) groups excluding carboxylic acids is 2. The van der Waals surface area contributed by atoms with Crippen LogP contribution in [0.4, 0.5) is 10.5 Å². The van der Waals surface area contributed by atoms with Crippen LogP contribution in [0.2, 0.25) is 0 Å². The number of anilines is 1. The van der Waals surface area contributed by atoms with Crippen LogP contribution in [0, 0.1) is 5.92 Å². The molecule has 2 unspecified atom stereocenters. The highest BCUT2D eigenvalue weighted by atomic mass is 79.9. The van der Waals surface area contributed by atoms with Crippen molar-refractivity contribution < 1.29 is 9.59 Å². The van der Waals surface area contributed by atoms with Crippen LogP contribution in [0.25, 0.3) is 0 Å². The molecule has 5 nitrogen and oxygen atoms in total. The molecule has 3 rings (SSSR count). The van der Waals surface area contributed by atoms with Crippen molar-refractivity contribution >= 4 is 33.6 Å². The number of nitrogens with one attached hydrogen (secondary N) is 2. The molecule has 1 aliphatic heterocycles. The summed E-state index contributed by atoms with van der Waals surface area (Å²) in [5.41, 5.74) is 4.40. The van der Waals surface area contributed by atoms with E-state index < -0.39 is 0 Å². The van der Waals surface area contributed by atoms with Gasteiger partial charge in [0.25, 0.3) is 0 Å². The fourth-order valence-electron chi connectivity index (χ4n) is 3.23. The maximum atomic E-state index is 12.8. The molecule has 0 aliphatic carbocycles. The SMILES string of the molecule is CCCCC1C(=O)NN(C(=O)Nc2ccc(Br)cc2)C1c1ccccc1. The van der Waals surface area contributed by atoms with Crippen molar-refractivity contribution in [2.75, 3.05) is 5.32 Å². The lowest BCUT2D eigenvalue weighted by Crippen LogP contribution is -2.42. The Morgan fingerprint density at radius 2 is 1.85 bits per heavy atom. The molecule has 136 valence electrons. The lowest BCUT2D eigenvalue weighted by Gasteiger charge is -2.26. The van der Waals surface area contributed by atoms with E-state index in [-0.39, 0.29) is 23.9 Å². The number of urea groups is 1. The molecule has 0 spiro atoms. The van der Waals surface area contributed by atoms with Crippen molar-refractivity contribution in [3.8, 4) is 0 Å². The second kappa shape index (κ2) is 8.36. The van der Waals surface area contributed by atoms with E-state index in [0.29, 0.717) is 5.69 Å². The van der Waals surface area contributed by atoms with Crippen molar-refractivity contribution in [1.82, 2.24) is 10.4 Å². The first-order valence-corrected chi connectivity index (χ1v) is 9.60. The van der Waals surface area contributed by atoms with Gasteiger partial charge in [-0.3, -0.25) is 10.2 Å². The number of nitrogens with zero attached hydrogens (tertiary/aromatic N) is 1. The van der Waals surface area contributed by atoms with Gasteiger partial charge in [-0.25, -0.2) is 9.80 Å². The minimum absolute atomic E-state index is 0.0988. The van der Waals surface area contributed by atoms with Crippen LogP contribution in [-0.2, 0) is 4.79 Å². The van der Waals surface area contributed by atoms with Crippen molar-refractivity contribution in [2.24, 2.45) is 5.92 Å². The zero-order valence-electron chi connectivity index (χ0n) is 14.6. The van der Waals surface area contributed by atoms with Gasteiger partial charge in [0, 0.05) is 10.2 Å². The summed E-state index contributed by atoms with van der Waals surface area (Å²) >= 11 is 3.38. The quantitative estimate of drug-likeness (QED) is 0.730. The van der Waals surface area contributed by atoms with Gasteiger partial charge in [-0.1, -0.05) is 66.0 Å². The van der Waals surface area contributed by atoms with Crippen molar-refractivity contribution in [1.29, 1.82) is 0 Å². The van der Waals surface area contributed by atoms with Gasteiger partial charge >= 0.3 is 6.03 Å². The van der Waals surface area contributed by atoms with Gasteiger partial charge in [-0.2, -0.15) is 0 Å². The van der Waals surface area contributed by atoms with E-state index in [1.807, 2.05) is 54.6 Å². The molecule has 1 saturated heterocycles. The Bertz CT molecular complexity index is 764. The van der Waals surface area contributed by atoms with Gasteiger partial charge in [0.2, 0.25) is 5.91 Å². The lowest BCUT2D eigenvalue weighted by atomic mass is 9.89. The van der Waals surface area contributed by atoms with Gasteiger partial charge in [0.05, 0.1) is 12.0 Å². The Morgan fingerprint density at radius 3 is 2.50 bits per heavy atom. The summed E-state index contributed by atoms with van der Waals surface area (Å²) in [7, 11) is 0. The molecule has 2 N–H and O–H groups in total. The molecular formula is C20H22BrN3O2. The van der Waals surface area contributed by atoms with E-state index >= 15 is 0 Å². The summed E-state index contributed by atoms with van der Waals surface area (Å²) < 4.78 is 0.937. The lowest BCUT2D eigenvalue weighted by molar-refractivity contribution is -0.123. The van der Waals surface area contributed by atoms with Crippen LogP contribution in [-0.4, -0.2) is 16.9 Å². The van der Waals surface area contributed by atoms with E-state index in [9.17, 15) is 9.59 Å². The zero-order chi connectivity index (χ0) is 18.5. The number of hydrogen-bond donors (Lipinski definition) is 2. The zero-order valence-corrected chi connectivity index (χ0v) is 16.2. The van der Waals surface area contributed by atoms with E-state index in [2.05, 4.69) is 33.6 Å². The second-order valence-corrected chi connectivity index (χ2v) is 7.30. The Morgan fingerprint density at radius 1 is 1.15 bits per heavy atom. The predicted molar refractivity (Wildman–Crippen MR) is 105 cm³/mol.